The molecule has 0 radical (unpaired) electrons. The predicted molar refractivity (Wildman–Crippen MR) is 128 cm³/mol. The van der Waals surface area contributed by atoms with Crippen LogP contribution in [0.3, 0.4) is 0 Å². The highest BCUT2D eigenvalue weighted by atomic mass is 16.5. The Morgan fingerprint density at radius 3 is 2.40 bits per heavy atom. The molecule has 30 heavy (non-hydrogen) atoms. The summed E-state index contributed by atoms with van der Waals surface area (Å²) in [5, 5.41) is 2.93. The van der Waals surface area contributed by atoms with Gasteiger partial charge < -0.3 is 4.74 Å². The smallest absolute Gasteiger partial charge is 0.0571 e. The molecule has 0 amide bonds. The minimum Gasteiger partial charge on any atom is -0.381 e. The van der Waals surface area contributed by atoms with Crippen LogP contribution in [0.1, 0.15) is 81.0 Å². The van der Waals surface area contributed by atoms with Gasteiger partial charge in [0.05, 0.1) is 6.10 Å². The van der Waals surface area contributed by atoms with Crippen LogP contribution >= 0.6 is 0 Å². The van der Waals surface area contributed by atoms with Gasteiger partial charge in [0.15, 0.2) is 0 Å². The second kappa shape index (κ2) is 7.54. The summed E-state index contributed by atoms with van der Waals surface area (Å²) >= 11 is 0. The first kappa shape index (κ1) is 19.8. The van der Waals surface area contributed by atoms with Crippen LogP contribution in [0.5, 0.6) is 0 Å². The van der Waals surface area contributed by atoms with E-state index in [0.717, 1.165) is 6.42 Å². The molecule has 0 spiro atoms. The first-order chi connectivity index (χ1) is 14.5. The summed E-state index contributed by atoms with van der Waals surface area (Å²) < 4.78 is 5.60. The van der Waals surface area contributed by atoms with Crippen LogP contribution < -0.4 is 0 Å². The van der Waals surface area contributed by atoms with E-state index in [2.05, 4.69) is 69.3 Å². The van der Waals surface area contributed by atoms with E-state index in [1.165, 1.54) is 76.3 Å². The van der Waals surface area contributed by atoms with Crippen molar-refractivity contribution < 1.29 is 4.74 Å². The fourth-order valence-electron chi connectivity index (χ4n) is 6.04. The third-order valence-electron chi connectivity index (χ3n) is 7.81. The maximum Gasteiger partial charge on any atom is 0.0571 e. The van der Waals surface area contributed by atoms with Crippen molar-refractivity contribution in [3.8, 4) is 11.1 Å². The number of hydrogen-bond donors (Lipinski definition) is 0. The van der Waals surface area contributed by atoms with Crippen LogP contribution in [0.4, 0.5) is 0 Å². The van der Waals surface area contributed by atoms with Gasteiger partial charge in [0.1, 0.15) is 0 Å². The second-order valence-corrected chi connectivity index (χ2v) is 9.89. The minimum atomic E-state index is 0.0203. The first-order valence-electron chi connectivity index (χ1n) is 11.8. The monoisotopic (exact) mass is 398 g/mol. The molecule has 1 saturated carbocycles. The van der Waals surface area contributed by atoms with Gasteiger partial charge >= 0.3 is 0 Å². The molecule has 0 unspecified atom stereocenters. The van der Waals surface area contributed by atoms with E-state index >= 15 is 0 Å². The molecule has 0 atom stereocenters. The van der Waals surface area contributed by atoms with Gasteiger partial charge in [0.2, 0.25) is 0 Å². The summed E-state index contributed by atoms with van der Waals surface area (Å²) in [6.45, 7) is 7.11. The van der Waals surface area contributed by atoms with E-state index in [1.807, 2.05) is 7.11 Å². The Morgan fingerprint density at radius 2 is 1.67 bits per heavy atom. The molecule has 2 aliphatic carbocycles. The normalized spacial score (nSPS) is 22.1. The number of ether oxygens (including phenoxy) is 1. The molecule has 1 heteroatoms. The van der Waals surface area contributed by atoms with E-state index in [-0.39, 0.29) is 5.41 Å². The summed E-state index contributed by atoms with van der Waals surface area (Å²) in [6.07, 6.45) is 7.64. The van der Waals surface area contributed by atoms with Crippen molar-refractivity contribution in [3.63, 3.8) is 0 Å². The molecule has 0 N–H and O–H groups in total. The number of fused-ring (bicyclic) bond motifs is 2. The molecule has 1 nitrogen and oxygen atoms in total. The molecule has 3 aromatic carbocycles. The number of rotatable bonds is 4. The zero-order valence-corrected chi connectivity index (χ0v) is 18.9. The van der Waals surface area contributed by atoms with E-state index in [4.69, 9.17) is 4.74 Å². The van der Waals surface area contributed by atoms with Gasteiger partial charge in [0.25, 0.3) is 0 Å². The van der Waals surface area contributed by atoms with Crippen molar-refractivity contribution in [1.29, 1.82) is 0 Å². The maximum absolute atomic E-state index is 5.60. The Morgan fingerprint density at radius 1 is 0.900 bits per heavy atom. The van der Waals surface area contributed by atoms with Crippen molar-refractivity contribution in [2.75, 3.05) is 7.11 Å². The van der Waals surface area contributed by atoms with Crippen molar-refractivity contribution in [1.82, 2.24) is 0 Å². The first-order valence-corrected chi connectivity index (χ1v) is 11.8. The summed E-state index contributed by atoms with van der Waals surface area (Å²) in [5.41, 5.74) is 8.87. The molecule has 0 saturated heterocycles. The molecule has 0 bridgehead atoms. The summed E-state index contributed by atoms with van der Waals surface area (Å²) in [4.78, 5) is 0. The lowest BCUT2D eigenvalue weighted by atomic mass is 9.67. The third-order valence-corrected chi connectivity index (χ3v) is 7.81. The van der Waals surface area contributed by atoms with Crippen LogP contribution in [0.15, 0.2) is 48.5 Å². The zero-order chi connectivity index (χ0) is 20.9. The number of benzene rings is 3. The summed E-state index contributed by atoms with van der Waals surface area (Å²) in [5.74, 6) is 0.668. The summed E-state index contributed by atoms with van der Waals surface area (Å²) in [7, 11) is 1.86. The number of hydrogen-bond acceptors (Lipinski definition) is 1. The van der Waals surface area contributed by atoms with Crippen LogP contribution in [0.2, 0.25) is 0 Å². The molecule has 1 fully saturated rings. The Kier molecular flexibility index (Phi) is 4.98. The van der Waals surface area contributed by atoms with Crippen molar-refractivity contribution in [2.45, 2.75) is 76.7 Å². The van der Waals surface area contributed by atoms with E-state index in [1.54, 1.807) is 0 Å². The van der Waals surface area contributed by atoms with Gasteiger partial charge in [-0.15, -0.1) is 0 Å². The average molecular weight is 399 g/mol. The SMILES string of the molecule is CCCc1ccc2c3c(cccc13)C(C)(C)c1cc(C3CCC(OC)CC3)ccc1-2. The van der Waals surface area contributed by atoms with Crippen LogP contribution in [-0.2, 0) is 16.6 Å². The molecule has 0 aromatic heterocycles. The topological polar surface area (TPSA) is 9.23 Å². The van der Waals surface area contributed by atoms with E-state index in [9.17, 15) is 0 Å². The molecule has 2 aliphatic rings. The van der Waals surface area contributed by atoms with Crippen molar-refractivity contribution >= 4 is 10.8 Å². The van der Waals surface area contributed by atoms with Gasteiger partial charge in [-0.2, -0.15) is 0 Å². The Hall–Kier alpha value is -2.12. The number of methoxy groups -OCH3 is 1. The lowest BCUT2D eigenvalue weighted by Crippen LogP contribution is -2.25. The Labute approximate surface area is 181 Å². The van der Waals surface area contributed by atoms with Gasteiger partial charge in [-0.3, -0.25) is 0 Å². The highest BCUT2D eigenvalue weighted by molar-refractivity contribution is 6.04. The summed E-state index contributed by atoms with van der Waals surface area (Å²) in [6, 6.07) is 19.1. The molecule has 156 valence electrons. The molecule has 3 aromatic rings. The van der Waals surface area contributed by atoms with Crippen molar-refractivity contribution in [3.05, 3.63) is 70.8 Å². The molecule has 5 rings (SSSR count). The van der Waals surface area contributed by atoms with Gasteiger partial charge in [0, 0.05) is 12.5 Å². The maximum atomic E-state index is 5.60. The second-order valence-electron chi connectivity index (χ2n) is 9.89. The Bertz CT molecular complexity index is 1080. The molecular formula is C29H34O. The molecular weight excluding hydrogens is 364 g/mol. The van der Waals surface area contributed by atoms with Crippen LogP contribution in [-0.4, -0.2) is 13.2 Å². The lowest BCUT2D eigenvalue weighted by molar-refractivity contribution is 0.0658. The Balaban J connectivity index is 1.64. The van der Waals surface area contributed by atoms with Crippen LogP contribution in [0, 0.1) is 0 Å². The molecule has 0 heterocycles. The predicted octanol–water partition coefficient (Wildman–Crippen LogP) is 7.77. The quantitative estimate of drug-likeness (QED) is 0.436. The van der Waals surface area contributed by atoms with Crippen LogP contribution in [0.25, 0.3) is 21.9 Å². The standard InChI is InChI=1S/C29H34O/c1-5-7-20-12-17-25-24-16-13-21(19-10-14-22(30-4)15-11-19)18-27(24)29(2,3)26-9-6-8-23(20)28(25)26/h6,8-9,12-13,16-19,22H,5,7,10-11,14-15H2,1-4H3. The van der Waals surface area contributed by atoms with Gasteiger partial charge in [-0.25, -0.2) is 0 Å². The number of aryl methyl sites for hydroxylation is 1. The lowest BCUT2D eigenvalue weighted by Gasteiger charge is -2.37. The largest absolute Gasteiger partial charge is 0.381 e. The van der Waals surface area contributed by atoms with Gasteiger partial charge in [-0.1, -0.05) is 75.7 Å². The fraction of sp³-hybridized carbons (Fsp3) is 0.448. The highest BCUT2D eigenvalue weighted by Crippen LogP contribution is 2.50. The van der Waals surface area contributed by atoms with Gasteiger partial charge in [-0.05, 0) is 82.2 Å². The van der Waals surface area contributed by atoms with E-state index in [0.29, 0.717) is 12.0 Å². The third kappa shape index (κ3) is 3.02. The molecule has 0 aliphatic heterocycles. The minimum absolute atomic E-state index is 0.0203. The zero-order valence-electron chi connectivity index (χ0n) is 18.9. The van der Waals surface area contributed by atoms with Crippen molar-refractivity contribution in [2.24, 2.45) is 0 Å². The highest BCUT2D eigenvalue weighted by Gasteiger charge is 2.34. The average Bonchev–Trinajstić information content (AvgIpc) is 2.78. The van der Waals surface area contributed by atoms with E-state index < -0.39 is 0 Å². The fourth-order valence-corrected chi connectivity index (χ4v) is 6.04.